The lowest BCUT2D eigenvalue weighted by atomic mass is 10.1. The number of fused-ring (bicyclic) bond motifs is 2. The van der Waals surface area contributed by atoms with Crippen molar-refractivity contribution < 1.29 is 0 Å². The van der Waals surface area contributed by atoms with Gasteiger partial charge in [-0.3, -0.25) is 0 Å². The number of nitrogens with zero attached hydrogens (tertiary/aromatic N) is 2. The summed E-state index contributed by atoms with van der Waals surface area (Å²) in [6.07, 6.45) is 1.92. The fraction of sp³-hybridized carbons (Fsp3) is 0.100. The molecule has 0 radical (unpaired) electrons. The lowest BCUT2D eigenvalue weighted by Gasteiger charge is -2.06. The zero-order valence-electron chi connectivity index (χ0n) is 12.7. The number of aromatic nitrogens is 2. The predicted octanol–water partition coefficient (Wildman–Crippen LogP) is 5.07. The molecule has 4 aromatic rings. The topological polar surface area (TPSA) is 25.8 Å². The Kier molecular flexibility index (Phi) is 2.90. The van der Waals surface area contributed by atoms with Gasteiger partial charge in [0.1, 0.15) is 0 Å². The molecule has 0 saturated carbocycles. The van der Waals surface area contributed by atoms with Crippen LogP contribution in [0.1, 0.15) is 11.1 Å². The molecule has 0 bridgehead atoms. The Labute approximate surface area is 129 Å². The van der Waals surface area contributed by atoms with Crippen LogP contribution in [-0.2, 0) is 0 Å². The van der Waals surface area contributed by atoms with Crippen molar-refractivity contribution in [1.82, 2.24) is 9.97 Å². The lowest BCUT2D eigenvalue weighted by molar-refractivity contribution is 1.22. The van der Waals surface area contributed by atoms with E-state index in [9.17, 15) is 0 Å². The Bertz CT molecular complexity index is 983. The maximum atomic E-state index is 4.77. The van der Waals surface area contributed by atoms with Crippen LogP contribution >= 0.6 is 0 Å². The van der Waals surface area contributed by atoms with E-state index in [4.69, 9.17) is 4.98 Å². The minimum atomic E-state index is 0.787. The van der Waals surface area contributed by atoms with E-state index in [2.05, 4.69) is 73.4 Å². The second-order valence-corrected chi connectivity index (χ2v) is 5.83. The molecule has 3 aromatic carbocycles. The van der Waals surface area contributed by atoms with Gasteiger partial charge in [0.2, 0.25) is 0 Å². The quantitative estimate of drug-likeness (QED) is 0.456. The molecule has 22 heavy (non-hydrogen) atoms. The molecule has 0 amide bonds. The molecule has 4 rings (SSSR count). The first kappa shape index (κ1) is 13.0. The number of hydrogen-bond acceptors (Lipinski definition) is 2. The molecule has 0 unspecified atom stereocenters. The highest BCUT2D eigenvalue weighted by molar-refractivity contribution is 5.96. The molecule has 1 aromatic heterocycles. The first-order chi connectivity index (χ1) is 10.7. The summed E-state index contributed by atoms with van der Waals surface area (Å²) in [5.41, 5.74) is 4.53. The van der Waals surface area contributed by atoms with E-state index >= 15 is 0 Å². The number of rotatable bonds is 1. The van der Waals surface area contributed by atoms with Gasteiger partial charge in [-0.05, 0) is 48.9 Å². The average Bonchev–Trinajstić information content (AvgIpc) is 2.51. The summed E-state index contributed by atoms with van der Waals surface area (Å²) in [6.45, 7) is 4.20. The summed E-state index contributed by atoms with van der Waals surface area (Å²) in [7, 11) is 0. The van der Waals surface area contributed by atoms with Gasteiger partial charge in [-0.1, -0.05) is 41.5 Å². The standard InChI is InChI=1S/C20H16N2/c1-13-7-14(2)9-17(8-13)20-21-12-18-10-15-5-3-4-6-16(15)11-19(18)22-20/h3-12H,1-2H3. The molecule has 2 nitrogen and oxygen atoms in total. The molecule has 2 heteroatoms. The van der Waals surface area contributed by atoms with Crippen molar-refractivity contribution in [3.8, 4) is 11.4 Å². The van der Waals surface area contributed by atoms with Gasteiger partial charge in [0.15, 0.2) is 5.82 Å². The third kappa shape index (κ3) is 2.23. The van der Waals surface area contributed by atoms with E-state index < -0.39 is 0 Å². The van der Waals surface area contributed by atoms with Crippen molar-refractivity contribution in [2.75, 3.05) is 0 Å². The van der Waals surface area contributed by atoms with Gasteiger partial charge in [0, 0.05) is 17.1 Å². The van der Waals surface area contributed by atoms with Crippen LogP contribution in [0.25, 0.3) is 33.1 Å². The van der Waals surface area contributed by atoms with E-state index in [1.165, 1.54) is 21.9 Å². The molecule has 106 valence electrons. The number of aryl methyl sites for hydroxylation is 2. The van der Waals surface area contributed by atoms with E-state index in [1.807, 2.05) is 6.20 Å². The van der Waals surface area contributed by atoms with Crippen LogP contribution < -0.4 is 0 Å². The van der Waals surface area contributed by atoms with Crippen molar-refractivity contribution in [2.45, 2.75) is 13.8 Å². The van der Waals surface area contributed by atoms with Gasteiger partial charge in [-0.2, -0.15) is 0 Å². The maximum absolute atomic E-state index is 4.77. The van der Waals surface area contributed by atoms with E-state index in [-0.39, 0.29) is 0 Å². The van der Waals surface area contributed by atoms with Gasteiger partial charge < -0.3 is 0 Å². The minimum absolute atomic E-state index is 0.787. The predicted molar refractivity (Wildman–Crippen MR) is 92.0 cm³/mol. The average molecular weight is 284 g/mol. The first-order valence-electron chi connectivity index (χ1n) is 7.43. The van der Waals surface area contributed by atoms with Gasteiger partial charge in [-0.25, -0.2) is 9.97 Å². The smallest absolute Gasteiger partial charge is 0.159 e. The number of benzene rings is 3. The zero-order valence-corrected chi connectivity index (χ0v) is 12.7. The molecule has 0 aliphatic rings. The second-order valence-electron chi connectivity index (χ2n) is 5.83. The molecule has 0 aliphatic heterocycles. The van der Waals surface area contributed by atoms with Crippen molar-refractivity contribution in [3.05, 3.63) is 71.9 Å². The highest BCUT2D eigenvalue weighted by Crippen LogP contribution is 2.24. The second kappa shape index (κ2) is 4.92. The van der Waals surface area contributed by atoms with Gasteiger partial charge in [-0.15, -0.1) is 0 Å². The van der Waals surface area contributed by atoms with Gasteiger partial charge in [0.05, 0.1) is 5.52 Å². The summed E-state index contributed by atoms with van der Waals surface area (Å²) >= 11 is 0. The van der Waals surface area contributed by atoms with Crippen molar-refractivity contribution >= 4 is 21.7 Å². The summed E-state index contributed by atoms with van der Waals surface area (Å²) in [5.74, 6) is 0.787. The van der Waals surface area contributed by atoms with E-state index in [1.54, 1.807) is 0 Å². The first-order valence-corrected chi connectivity index (χ1v) is 7.43. The molecular weight excluding hydrogens is 268 g/mol. The molecule has 0 N–H and O–H groups in total. The normalized spacial score (nSPS) is 11.2. The molecule has 0 saturated heterocycles. The van der Waals surface area contributed by atoms with Gasteiger partial charge >= 0.3 is 0 Å². The Morgan fingerprint density at radius 2 is 1.41 bits per heavy atom. The van der Waals surface area contributed by atoms with E-state index in [0.29, 0.717) is 0 Å². The van der Waals surface area contributed by atoms with Crippen molar-refractivity contribution in [1.29, 1.82) is 0 Å². The lowest BCUT2D eigenvalue weighted by Crippen LogP contribution is -1.91. The molecule has 1 heterocycles. The van der Waals surface area contributed by atoms with E-state index in [0.717, 1.165) is 22.3 Å². The largest absolute Gasteiger partial charge is 0.236 e. The summed E-state index contributed by atoms with van der Waals surface area (Å²) in [4.78, 5) is 9.32. The van der Waals surface area contributed by atoms with Crippen molar-refractivity contribution in [3.63, 3.8) is 0 Å². The Morgan fingerprint density at radius 1 is 0.727 bits per heavy atom. The van der Waals surface area contributed by atoms with Crippen LogP contribution in [0, 0.1) is 13.8 Å². The third-order valence-electron chi connectivity index (χ3n) is 3.93. The molecule has 0 atom stereocenters. The zero-order chi connectivity index (χ0) is 15.1. The fourth-order valence-electron chi connectivity index (χ4n) is 2.96. The fourth-order valence-corrected chi connectivity index (χ4v) is 2.96. The molecule has 0 spiro atoms. The Morgan fingerprint density at radius 3 is 2.14 bits per heavy atom. The highest BCUT2D eigenvalue weighted by atomic mass is 14.9. The van der Waals surface area contributed by atoms with Crippen LogP contribution in [0.4, 0.5) is 0 Å². The van der Waals surface area contributed by atoms with Gasteiger partial charge in [0.25, 0.3) is 0 Å². The minimum Gasteiger partial charge on any atom is -0.236 e. The molecule has 0 aliphatic carbocycles. The monoisotopic (exact) mass is 284 g/mol. The van der Waals surface area contributed by atoms with Crippen LogP contribution in [0.5, 0.6) is 0 Å². The summed E-state index contributed by atoms with van der Waals surface area (Å²) in [5, 5.41) is 3.50. The summed E-state index contributed by atoms with van der Waals surface area (Å²) in [6, 6.07) is 19.1. The molecule has 0 fully saturated rings. The molecular formula is C20H16N2. The van der Waals surface area contributed by atoms with Crippen LogP contribution in [0.3, 0.4) is 0 Å². The number of hydrogen-bond donors (Lipinski definition) is 0. The van der Waals surface area contributed by atoms with Crippen LogP contribution in [-0.4, -0.2) is 9.97 Å². The summed E-state index contributed by atoms with van der Waals surface area (Å²) < 4.78 is 0. The van der Waals surface area contributed by atoms with Crippen LogP contribution in [0.2, 0.25) is 0 Å². The SMILES string of the molecule is Cc1cc(C)cc(-c2ncc3cc4ccccc4cc3n2)c1. The maximum Gasteiger partial charge on any atom is 0.159 e. The van der Waals surface area contributed by atoms with Crippen LogP contribution in [0.15, 0.2) is 60.8 Å². The van der Waals surface area contributed by atoms with Crippen molar-refractivity contribution in [2.24, 2.45) is 0 Å². The third-order valence-corrected chi connectivity index (χ3v) is 3.93. The Hall–Kier alpha value is -2.74. The Balaban J connectivity index is 1.94. The highest BCUT2D eigenvalue weighted by Gasteiger charge is 2.06.